The summed E-state index contributed by atoms with van der Waals surface area (Å²) in [6.07, 6.45) is 0. The van der Waals surface area contributed by atoms with Crippen LogP contribution in [0.5, 0.6) is 0 Å². The van der Waals surface area contributed by atoms with Gasteiger partial charge in [-0.1, -0.05) is 6.07 Å². The zero-order valence-corrected chi connectivity index (χ0v) is 13.7. The molecule has 2 N–H and O–H groups in total. The number of nitrogens with two attached hydrogens (primary N) is 1. The third-order valence-electron chi connectivity index (χ3n) is 2.92. The van der Waals surface area contributed by atoms with Gasteiger partial charge in [-0.05, 0) is 22.9 Å². The van der Waals surface area contributed by atoms with Crippen LogP contribution in [0, 0.1) is 0 Å². The van der Waals surface area contributed by atoms with Crippen LogP contribution in [0.15, 0.2) is 34.3 Å². The summed E-state index contributed by atoms with van der Waals surface area (Å²) in [7, 11) is 1.77. The van der Waals surface area contributed by atoms with Crippen LogP contribution in [0.25, 0.3) is 9.88 Å². The van der Waals surface area contributed by atoms with Gasteiger partial charge in [0.25, 0.3) is 5.91 Å². The first-order valence-corrected chi connectivity index (χ1v) is 8.86. The summed E-state index contributed by atoms with van der Waals surface area (Å²) in [5.74, 6) is -0.0619. The Bertz CT molecular complexity index is 745. The molecular formula is C14H13N3OS3. The molecule has 0 unspecified atom stereocenters. The molecule has 0 aliphatic carbocycles. The number of carbonyl (C=O) groups excluding carboxylic acids is 1. The van der Waals surface area contributed by atoms with Crippen LogP contribution in [0.4, 0.5) is 5.69 Å². The largest absolute Gasteiger partial charge is 0.397 e. The van der Waals surface area contributed by atoms with Gasteiger partial charge in [-0.3, -0.25) is 4.79 Å². The maximum Gasteiger partial charge on any atom is 0.266 e. The second-order valence-corrected chi connectivity index (χ2v) is 7.21. The molecule has 0 fully saturated rings. The average Bonchev–Trinajstić information content (AvgIpc) is 3.17. The number of rotatable bonds is 4. The van der Waals surface area contributed by atoms with Gasteiger partial charge < -0.3 is 10.6 Å². The monoisotopic (exact) mass is 335 g/mol. The molecule has 7 heteroatoms. The van der Waals surface area contributed by atoms with Crippen molar-refractivity contribution in [2.24, 2.45) is 0 Å². The zero-order valence-electron chi connectivity index (χ0n) is 11.3. The first-order valence-electron chi connectivity index (χ1n) is 6.22. The van der Waals surface area contributed by atoms with Crippen LogP contribution in [-0.4, -0.2) is 22.8 Å². The Morgan fingerprint density at radius 2 is 2.14 bits per heavy atom. The Balaban J connectivity index is 1.72. The highest BCUT2D eigenvalue weighted by Gasteiger charge is 2.17. The van der Waals surface area contributed by atoms with E-state index in [1.165, 1.54) is 11.3 Å². The number of nitrogens with zero attached hydrogens (tertiary/aromatic N) is 2. The third-order valence-corrected chi connectivity index (χ3v) is 5.77. The van der Waals surface area contributed by atoms with Crippen molar-refractivity contribution in [1.29, 1.82) is 0 Å². The lowest BCUT2D eigenvalue weighted by Crippen LogP contribution is -2.26. The second kappa shape index (κ2) is 5.97. The van der Waals surface area contributed by atoms with Crippen molar-refractivity contribution in [2.75, 3.05) is 12.8 Å². The van der Waals surface area contributed by atoms with Crippen LogP contribution in [0.1, 0.15) is 15.4 Å². The fourth-order valence-corrected chi connectivity index (χ4v) is 4.31. The van der Waals surface area contributed by atoms with Gasteiger partial charge in [0.1, 0.15) is 9.88 Å². The van der Waals surface area contributed by atoms with Gasteiger partial charge in [0.05, 0.1) is 22.8 Å². The smallest absolute Gasteiger partial charge is 0.266 e. The SMILES string of the molecule is CN(Cc1csc(-c2cccs2)n1)C(=O)c1sccc1N. The molecule has 0 saturated carbocycles. The summed E-state index contributed by atoms with van der Waals surface area (Å²) in [4.78, 5) is 20.3. The van der Waals surface area contributed by atoms with E-state index in [2.05, 4.69) is 11.1 Å². The summed E-state index contributed by atoms with van der Waals surface area (Å²) in [5.41, 5.74) is 7.23. The fourth-order valence-electron chi connectivity index (χ4n) is 1.87. The van der Waals surface area contributed by atoms with Crippen LogP contribution >= 0.6 is 34.0 Å². The normalized spacial score (nSPS) is 10.7. The number of carbonyl (C=O) groups is 1. The topological polar surface area (TPSA) is 59.2 Å². The Kier molecular flexibility index (Phi) is 4.05. The van der Waals surface area contributed by atoms with Crippen molar-refractivity contribution in [3.63, 3.8) is 0 Å². The van der Waals surface area contributed by atoms with Gasteiger partial charge in [-0.15, -0.1) is 34.0 Å². The van der Waals surface area contributed by atoms with E-state index < -0.39 is 0 Å². The Hall–Kier alpha value is -1.70. The van der Waals surface area contributed by atoms with E-state index in [-0.39, 0.29) is 5.91 Å². The molecule has 3 heterocycles. The lowest BCUT2D eigenvalue weighted by atomic mass is 10.3. The molecule has 0 saturated heterocycles. The minimum absolute atomic E-state index is 0.0619. The van der Waals surface area contributed by atoms with Crippen LogP contribution < -0.4 is 5.73 Å². The maximum atomic E-state index is 12.3. The molecule has 0 aliphatic rings. The minimum atomic E-state index is -0.0619. The van der Waals surface area contributed by atoms with Crippen molar-refractivity contribution < 1.29 is 4.79 Å². The Labute approximate surface area is 134 Å². The number of thiophene rings is 2. The molecule has 3 aromatic rings. The highest BCUT2D eigenvalue weighted by molar-refractivity contribution is 7.20. The zero-order chi connectivity index (χ0) is 14.8. The predicted octanol–water partition coefficient (Wildman–Crippen LogP) is 3.79. The fraction of sp³-hybridized carbons (Fsp3) is 0.143. The molecule has 3 rings (SSSR count). The first kappa shape index (κ1) is 14.2. The number of hydrogen-bond acceptors (Lipinski definition) is 6. The minimum Gasteiger partial charge on any atom is -0.397 e. The molecule has 0 spiro atoms. The van der Waals surface area contributed by atoms with Gasteiger partial charge in [0, 0.05) is 12.4 Å². The summed E-state index contributed by atoms with van der Waals surface area (Å²) in [6.45, 7) is 0.484. The van der Waals surface area contributed by atoms with E-state index in [1.54, 1.807) is 40.7 Å². The average molecular weight is 335 g/mol. The van der Waals surface area contributed by atoms with E-state index >= 15 is 0 Å². The molecule has 0 atom stereocenters. The van der Waals surface area contributed by atoms with E-state index in [9.17, 15) is 4.79 Å². The van der Waals surface area contributed by atoms with Gasteiger partial charge in [-0.2, -0.15) is 0 Å². The van der Waals surface area contributed by atoms with Gasteiger partial charge in [-0.25, -0.2) is 4.98 Å². The Morgan fingerprint density at radius 1 is 1.29 bits per heavy atom. The molecule has 0 aromatic carbocycles. The van der Waals surface area contributed by atoms with E-state index in [4.69, 9.17) is 5.73 Å². The van der Waals surface area contributed by atoms with Crippen LogP contribution in [0.2, 0.25) is 0 Å². The number of aromatic nitrogens is 1. The lowest BCUT2D eigenvalue weighted by molar-refractivity contribution is 0.0789. The lowest BCUT2D eigenvalue weighted by Gasteiger charge is -2.15. The predicted molar refractivity (Wildman–Crippen MR) is 90.0 cm³/mol. The van der Waals surface area contributed by atoms with Crippen LogP contribution in [0.3, 0.4) is 0 Å². The molecule has 1 amide bonds. The number of amides is 1. The summed E-state index contributed by atoms with van der Waals surface area (Å²) in [6, 6.07) is 5.81. The first-order chi connectivity index (χ1) is 10.1. The standard InChI is InChI=1S/C14H13N3OS3/c1-17(14(18)12-10(15)4-6-20-12)7-9-8-21-13(16-9)11-3-2-5-19-11/h2-6,8H,7,15H2,1H3. The molecule has 0 aliphatic heterocycles. The number of nitrogen functional groups attached to an aromatic ring is 1. The summed E-state index contributed by atoms with van der Waals surface area (Å²) >= 11 is 4.64. The molecule has 3 aromatic heterocycles. The maximum absolute atomic E-state index is 12.3. The Morgan fingerprint density at radius 3 is 2.81 bits per heavy atom. The second-order valence-electron chi connectivity index (χ2n) is 4.49. The molecule has 108 valence electrons. The van der Waals surface area contributed by atoms with Gasteiger partial charge in [0.2, 0.25) is 0 Å². The quantitative estimate of drug-likeness (QED) is 0.789. The van der Waals surface area contributed by atoms with Gasteiger partial charge >= 0.3 is 0 Å². The number of thiazole rings is 1. The number of hydrogen-bond donors (Lipinski definition) is 1. The van der Waals surface area contributed by atoms with Crippen LogP contribution in [-0.2, 0) is 6.54 Å². The highest BCUT2D eigenvalue weighted by atomic mass is 32.1. The van der Waals surface area contributed by atoms with E-state index in [1.807, 2.05) is 22.2 Å². The summed E-state index contributed by atoms with van der Waals surface area (Å²) in [5, 5.41) is 6.85. The van der Waals surface area contributed by atoms with E-state index in [0.717, 1.165) is 15.6 Å². The summed E-state index contributed by atoms with van der Waals surface area (Å²) < 4.78 is 0. The van der Waals surface area contributed by atoms with Crippen molar-refractivity contribution in [3.8, 4) is 9.88 Å². The van der Waals surface area contributed by atoms with E-state index in [0.29, 0.717) is 17.1 Å². The van der Waals surface area contributed by atoms with Gasteiger partial charge in [0.15, 0.2) is 0 Å². The van der Waals surface area contributed by atoms with Crippen molar-refractivity contribution >= 4 is 45.6 Å². The van der Waals surface area contributed by atoms with Crippen molar-refractivity contribution in [3.05, 3.63) is 44.9 Å². The molecular weight excluding hydrogens is 322 g/mol. The van der Waals surface area contributed by atoms with Crippen molar-refractivity contribution in [1.82, 2.24) is 9.88 Å². The third kappa shape index (κ3) is 2.99. The molecule has 21 heavy (non-hydrogen) atoms. The highest BCUT2D eigenvalue weighted by Crippen LogP contribution is 2.28. The molecule has 0 radical (unpaired) electrons. The number of anilines is 1. The molecule has 0 bridgehead atoms. The van der Waals surface area contributed by atoms with Crippen molar-refractivity contribution in [2.45, 2.75) is 6.54 Å². The molecule has 4 nitrogen and oxygen atoms in total.